The summed E-state index contributed by atoms with van der Waals surface area (Å²) in [5.74, 6) is -0.0675. The van der Waals surface area contributed by atoms with E-state index in [0.29, 0.717) is 10.6 Å². The second kappa shape index (κ2) is 6.44. The van der Waals surface area contributed by atoms with Crippen LogP contribution >= 0.6 is 38.6 Å². The van der Waals surface area contributed by atoms with Crippen molar-refractivity contribution in [3.8, 4) is 16.6 Å². The molecule has 108 valence electrons. The minimum Gasteiger partial charge on any atom is -0.506 e. The summed E-state index contributed by atoms with van der Waals surface area (Å²) in [7, 11) is 0. The Morgan fingerprint density at radius 1 is 1.18 bits per heavy atom. The van der Waals surface area contributed by atoms with Crippen LogP contribution in [0.25, 0.3) is 21.9 Å². The molecule has 0 bridgehead atoms. The van der Waals surface area contributed by atoms with Crippen LogP contribution in [0.5, 0.6) is 0 Å². The van der Waals surface area contributed by atoms with Gasteiger partial charge in [0.1, 0.15) is 22.4 Å². The molecule has 0 radical (unpaired) electrons. The third kappa shape index (κ3) is 2.83. The molecule has 3 aromatic rings. The Morgan fingerprint density at radius 2 is 2.00 bits per heavy atom. The molecule has 0 aliphatic rings. The van der Waals surface area contributed by atoms with Crippen LogP contribution in [0.1, 0.15) is 10.6 Å². The van der Waals surface area contributed by atoms with E-state index in [9.17, 15) is 10.4 Å². The van der Waals surface area contributed by atoms with Crippen molar-refractivity contribution in [2.75, 3.05) is 0 Å². The highest BCUT2D eigenvalue weighted by Crippen LogP contribution is 2.33. The number of hydrogen-bond donors (Lipinski definition) is 1. The average molecular weight is 389 g/mol. The first kappa shape index (κ1) is 15.0. The molecule has 22 heavy (non-hydrogen) atoms. The molecule has 2 aromatic heterocycles. The number of aliphatic hydroxyl groups is 1. The number of nitrogens with zero attached hydrogens (tertiary/aromatic N) is 2. The summed E-state index contributed by atoms with van der Waals surface area (Å²) in [6.45, 7) is 0. The van der Waals surface area contributed by atoms with Gasteiger partial charge in [0.05, 0.1) is 10.6 Å². The molecule has 3 nitrogen and oxygen atoms in total. The van der Waals surface area contributed by atoms with E-state index in [1.807, 2.05) is 41.1 Å². The fourth-order valence-electron chi connectivity index (χ4n) is 1.92. The Kier molecular flexibility index (Phi) is 4.39. The van der Waals surface area contributed by atoms with Crippen molar-refractivity contribution in [3.63, 3.8) is 0 Å². The molecule has 0 fully saturated rings. The van der Waals surface area contributed by atoms with Crippen LogP contribution in [-0.2, 0) is 0 Å². The molecule has 0 aliphatic carbocycles. The number of benzene rings is 1. The van der Waals surface area contributed by atoms with E-state index in [0.717, 1.165) is 15.0 Å². The SMILES string of the molecule is N#C/C(=C(/O)c1ccccc1Br)c1nc(-c2cccs2)cs1. The normalized spacial score (nSPS) is 11.8. The minimum absolute atomic E-state index is 0.0675. The number of hydrogen-bond acceptors (Lipinski definition) is 5. The van der Waals surface area contributed by atoms with E-state index in [-0.39, 0.29) is 11.3 Å². The Labute approximate surface area is 144 Å². The number of thiazole rings is 1. The maximum absolute atomic E-state index is 10.5. The van der Waals surface area contributed by atoms with Gasteiger partial charge in [-0.05, 0) is 17.5 Å². The molecule has 0 atom stereocenters. The zero-order chi connectivity index (χ0) is 15.5. The number of rotatable bonds is 3. The fraction of sp³-hybridized carbons (Fsp3) is 0. The van der Waals surface area contributed by atoms with E-state index in [1.54, 1.807) is 17.4 Å². The Morgan fingerprint density at radius 3 is 2.68 bits per heavy atom. The number of nitriles is 1. The average Bonchev–Trinajstić information content (AvgIpc) is 3.19. The maximum atomic E-state index is 10.5. The van der Waals surface area contributed by atoms with Gasteiger partial charge in [0.2, 0.25) is 0 Å². The summed E-state index contributed by atoms with van der Waals surface area (Å²) in [6.07, 6.45) is 0. The largest absolute Gasteiger partial charge is 0.506 e. The van der Waals surface area contributed by atoms with Gasteiger partial charge in [-0.25, -0.2) is 4.98 Å². The number of aromatic nitrogens is 1. The second-order valence-electron chi connectivity index (χ2n) is 4.33. The van der Waals surface area contributed by atoms with Gasteiger partial charge in [0.25, 0.3) is 0 Å². The van der Waals surface area contributed by atoms with E-state index in [2.05, 4.69) is 27.0 Å². The topological polar surface area (TPSA) is 56.9 Å². The van der Waals surface area contributed by atoms with Gasteiger partial charge >= 0.3 is 0 Å². The highest BCUT2D eigenvalue weighted by Gasteiger charge is 2.16. The lowest BCUT2D eigenvalue weighted by Gasteiger charge is -2.04. The third-order valence-corrected chi connectivity index (χ3v) is 5.41. The van der Waals surface area contributed by atoms with Gasteiger partial charge in [-0.3, -0.25) is 0 Å². The quantitative estimate of drug-likeness (QED) is 0.470. The molecule has 3 rings (SSSR count). The molecular formula is C16H9BrN2OS2. The van der Waals surface area contributed by atoms with Crippen LogP contribution in [0.4, 0.5) is 0 Å². The molecule has 0 unspecified atom stereocenters. The monoisotopic (exact) mass is 388 g/mol. The first-order valence-corrected chi connectivity index (χ1v) is 8.84. The Balaban J connectivity index is 2.07. The van der Waals surface area contributed by atoms with E-state index < -0.39 is 0 Å². The third-order valence-electron chi connectivity index (χ3n) is 2.97. The van der Waals surface area contributed by atoms with E-state index in [1.165, 1.54) is 11.3 Å². The lowest BCUT2D eigenvalue weighted by atomic mass is 10.1. The van der Waals surface area contributed by atoms with Crippen LogP contribution in [0, 0.1) is 11.3 Å². The Bertz CT molecular complexity index is 876. The zero-order valence-electron chi connectivity index (χ0n) is 11.2. The standard InChI is InChI=1S/C16H9BrN2OS2/c17-12-5-2-1-4-10(12)15(20)11(8-18)16-19-13(9-22-16)14-6-3-7-21-14/h1-7,9,20H/b15-11-. The summed E-state index contributed by atoms with van der Waals surface area (Å²) < 4.78 is 0.732. The summed E-state index contributed by atoms with van der Waals surface area (Å²) in [6, 6.07) is 13.2. The van der Waals surface area contributed by atoms with Crippen molar-refractivity contribution < 1.29 is 5.11 Å². The van der Waals surface area contributed by atoms with Crippen molar-refractivity contribution >= 4 is 49.9 Å². The van der Waals surface area contributed by atoms with Crippen molar-refractivity contribution in [2.24, 2.45) is 0 Å². The Hall–Kier alpha value is -1.94. The molecular weight excluding hydrogens is 380 g/mol. The zero-order valence-corrected chi connectivity index (χ0v) is 14.4. The molecule has 0 amide bonds. The van der Waals surface area contributed by atoms with Crippen LogP contribution in [0.3, 0.4) is 0 Å². The molecule has 0 saturated heterocycles. The van der Waals surface area contributed by atoms with Crippen LogP contribution in [0.2, 0.25) is 0 Å². The fourth-order valence-corrected chi connectivity index (χ4v) is 3.96. The van der Waals surface area contributed by atoms with Gasteiger partial charge in [0, 0.05) is 15.4 Å². The molecule has 0 aliphatic heterocycles. The van der Waals surface area contributed by atoms with Gasteiger partial charge in [-0.1, -0.05) is 40.2 Å². The highest BCUT2D eigenvalue weighted by atomic mass is 79.9. The number of thiophene rings is 1. The van der Waals surface area contributed by atoms with Gasteiger partial charge in [0.15, 0.2) is 0 Å². The molecule has 2 heterocycles. The van der Waals surface area contributed by atoms with Crippen LogP contribution in [0.15, 0.2) is 51.6 Å². The van der Waals surface area contributed by atoms with Crippen molar-refractivity contribution in [3.05, 3.63) is 62.2 Å². The van der Waals surface area contributed by atoms with E-state index >= 15 is 0 Å². The highest BCUT2D eigenvalue weighted by molar-refractivity contribution is 9.10. The van der Waals surface area contributed by atoms with Gasteiger partial charge in [-0.2, -0.15) is 5.26 Å². The van der Waals surface area contributed by atoms with Crippen molar-refractivity contribution in [2.45, 2.75) is 0 Å². The minimum atomic E-state index is -0.0675. The second-order valence-corrected chi connectivity index (χ2v) is 6.99. The molecule has 0 saturated carbocycles. The number of allylic oxidation sites excluding steroid dienone is 1. The molecule has 1 aromatic carbocycles. The number of halogens is 1. The van der Waals surface area contributed by atoms with E-state index in [4.69, 9.17) is 0 Å². The predicted molar refractivity (Wildman–Crippen MR) is 94.6 cm³/mol. The summed E-state index contributed by atoms with van der Waals surface area (Å²) >= 11 is 6.33. The van der Waals surface area contributed by atoms with Crippen molar-refractivity contribution in [1.82, 2.24) is 4.98 Å². The van der Waals surface area contributed by atoms with Crippen LogP contribution in [-0.4, -0.2) is 10.1 Å². The van der Waals surface area contributed by atoms with Gasteiger partial charge in [-0.15, -0.1) is 22.7 Å². The summed E-state index contributed by atoms with van der Waals surface area (Å²) in [5.41, 5.74) is 1.58. The molecule has 6 heteroatoms. The number of aliphatic hydroxyl groups excluding tert-OH is 1. The maximum Gasteiger partial charge on any atom is 0.144 e. The first-order chi connectivity index (χ1) is 10.7. The summed E-state index contributed by atoms with van der Waals surface area (Å²) in [5, 5.41) is 24.3. The van der Waals surface area contributed by atoms with Gasteiger partial charge < -0.3 is 5.11 Å². The van der Waals surface area contributed by atoms with Crippen molar-refractivity contribution in [1.29, 1.82) is 5.26 Å². The lowest BCUT2D eigenvalue weighted by molar-refractivity contribution is 0.513. The van der Waals surface area contributed by atoms with Crippen LogP contribution < -0.4 is 0 Å². The predicted octanol–water partition coefficient (Wildman–Crippen LogP) is 5.58. The lowest BCUT2D eigenvalue weighted by Crippen LogP contribution is -1.91. The smallest absolute Gasteiger partial charge is 0.144 e. The first-order valence-electron chi connectivity index (χ1n) is 6.28. The summed E-state index contributed by atoms with van der Waals surface area (Å²) in [4.78, 5) is 5.52. The molecule has 1 N–H and O–H groups in total. The molecule has 0 spiro atoms.